The molecular weight excluding hydrogens is 370 g/mol. The van der Waals surface area contributed by atoms with E-state index in [1.807, 2.05) is 70.2 Å². The zero-order valence-corrected chi connectivity index (χ0v) is 17.2. The van der Waals surface area contributed by atoms with Gasteiger partial charge in [0.1, 0.15) is 11.5 Å². The predicted octanol–water partition coefficient (Wildman–Crippen LogP) is 4.55. The highest BCUT2D eigenvalue weighted by Gasteiger charge is 2.20. The van der Waals surface area contributed by atoms with Gasteiger partial charge < -0.3 is 14.8 Å². The van der Waals surface area contributed by atoms with E-state index in [1.54, 1.807) is 6.92 Å². The molecular formula is C22H25N3O4. The zero-order chi connectivity index (χ0) is 21.0. The molecule has 1 amide bonds. The van der Waals surface area contributed by atoms with Crippen LogP contribution in [0.2, 0.25) is 0 Å². The van der Waals surface area contributed by atoms with Gasteiger partial charge >= 0.3 is 0 Å². The van der Waals surface area contributed by atoms with Gasteiger partial charge in [0.05, 0.1) is 6.10 Å². The Morgan fingerprint density at radius 2 is 1.62 bits per heavy atom. The first-order chi connectivity index (χ1) is 13.8. The summed E-state index contributed by atoms with van der Waals surface area (Å²) in [5.74, 6) is 1.28. The van der Waals surface area contributed by atoms with Crippen LogP contribution in [0.5, 0.6) is 11.5 Å². The second kappa shape index (κ2) is 8.77. The fourth-order valence-corrected chi connectivity index (χ4v) is 2.69. The monoisotopic (exact) mass is 395 g/mol. The van der Waals surface area contributed by atoms with Crippen LogP contribution in [0.15, 0.2) is 47.1 Å². The van der Waals surface area contributed by atoms with Crippen molar-refractivity contribution < 1.29 is 18.9 Å². The minimum atomic E-state index is -0.719. The Morgan fingerprint density at radius 1 is 0.931 bits per heavy atom. The smallest absolute Gasteiger partial charge is 0.266 e. The normalized spacial score (nSPS) is 11.9. The number of anilines is 1. The summed E-state index contributed by atoms with van der Waals surface area (Å²) in [6, 6.07) is 13.0. The van der Waals surface area contributed by atoms with E-state index in [9.17, 15) is 4.79 Å². The lowest BCUT2D eigenvalue weighted by Crippen LogP contribution is -2.30. The van der Waals surface area contributed by atoms with Gasteiger partial charge in [0.25, 0.3) is 5.91 Å². The molecule has 1 atom stereocenters. The number of hydrogen-bond acceptors (Lipinski definition) is 6. The van der Waals surface area contributed by atoms with Crippen LogP contribution in [-0.4, -0.2) is 28.4 Å². The number of aromatic nitrogens is 2. The average molecular weight is 395 g/mol. The molecule has 0 aliphatic rings. The molecule has 7 nitrogen and oxygen atoms in total. The van der Waals surface area contributed by atoms with E-state index in [2.05, 4.69) is 15.6 Å². The lowest BCUT2D eigenvalue weighted by atomic mass is 10.1. The van der Waals surface area contributed by atoms with Gasteiger partial charge in [-0.25, -0.2) is 4.63 Å². The molecule has 0 saturated heterocycles. The quantitative estimate of drug-likeness (QED) is 0.632. The highest BCUT2D eigenvalue weighted by atomic mass is 16.6. The number of rotatable bonds is 7. The molecule has 7 heteroatoms. The van der Waals surface area contributed by atoms with Gasteiger partial charge in [0, 0.05) is 5.56 Å². The molecule has 0 aliphatic carbocycles. The second-order valence-electron chi connectivity index (χ2n) is 7.15. The van der Waals surface area contributed by atoms with Crippen molar-refractivity contribution in [3.8, 4) is 22.8 Å². The molecule has 1 aromatic heterocycles. The van der Waals surface area contributed by atoms with Crippen molar-refractivity contribution in [3.05, 3.63) is 53.6 Å². The van der Waals surface area contributed by atoms with E-state index in [1.165, 1.54) is 0 Å². The Morgan fingerprint density at radius 3 is 2.28 bits per heavy atom. The maximum absolute atomic E-state index is 12.6. The van der Waals surface area contributed by atoms with Crippen molar-refractivity contribution in [1.82, 2.24) is 10.3 Å². The van der Waals surface area contributed by atoms with Crippen molar-refractivity contribution >= 4 is 11.7 Å². The third-order valence-corrected chi connectivity index (χ3v) is 4.39. The summed E-state index contributed by atoms with van der Waals surface area (Å²) in [4.78, 5) is 12.6. The van der Waals surface area contributed by atoms with Gasteiger partial charge in [-0.15, -0.1) is 0 Å². The molecule has 1 N–H and O–H groups in total. The lowest BCUT2D eigenvalue weighted by molar-refractivity contribution is -0.122. The summed E-state index contributed by atoms with van der Waals surface area (Å²) in [6.07, 6.45) is -0.633. The number of aryl methyl sites for hydroxylation is 2. The van der Waals surface area contributed by atoms with Crippen molar-refractivity contribution in [2.24, 2.45) is 0 Å². The standard InChI is InChI=1S/C22H25N3O4/c1-13(2)27-18-10-7-17(8-11-18)20-21(25-29-24-20)23-22(26)16(5)28-19-9-6-14(3)15(4)12-19/h6-13,16H,1-5H3,(H,23,25,26)/t16-/m1/s1. The van der Waals surface area contributed by atoms with E-state index in [4.69, 9.17) is 14.1 Å². The summed E-state index contributed by atoms with van der Waals surface area (Å²) in [5.41, 5.74) is 3.45. The maximum Gasteiger partial charge on any atom is 0.266 e. The van der Waals surface area contributed by atoms with Crippen LogP contribution in [0.1, 0.15) is 31.9 Å². The molecule has 1 heterocycles. The topological polar surface area (TPSA) is 86.5 Å². The fraction of sp³-hybridized carbons (Fsp3) is 0.318. The van der Waals surface area contributed by atoms with E-state index >= 15 is 0 Å². The Hall–Kier alpha value is -3.35. The van der Waals surface area contributed by atoms with Crippen LogP contribution in [0, 0.1) is 13.8 Å². The maximum atomic E-state index is 12.6. The summed E-state index contributed by atoms with van der Waals surface area (Å²) in [7, 11) is 0. The number of carbonyl (C=O) groups is 1. The van der Waals surface area contributed by atoms with Crippen LogP contribution in [0.4, 0.5) is 5.82 Å². The van der Waals surface area contributed by atoms with Gasteiger partial charge in [-0.3, -0.25) is 4.79 Å². The summed E-state index contributed by atoms with van der Waals surface area (Å²) in [5, 5.41) is 10.4. The second-order valence-corrected chi connectivity index (χ2v) is 7.15. The third kappa shape index (κ3) is 5.13. The first-order valence-electron chi connectivity index (χ1n) is 9.48. The molecule has 0 saturated carbocycles. The van der Waals surface area contributed by atoms with Crippen molar-refractivity contribution in [3.63, 3.8) is 0 Å². The summed E-state index contributed by atoms with van der Waals surface area (Å²) >= 11 is 0. The van der Waals surface area contributed by atoms with Gasteiger partial charge in [0.2, 0.25) is 5.82 Å². The minimum absolute atomic E-state index is 0.0863. The molecule has 3 rings (SSSR count). The Kier molecular flexibility index (Phi) is 6.16. The first-order valence-corrected chi connectivity index (χ1v) is 9.48. The van der Waals surface area contributed by atoms with Gasteiger partial charge in [-0.05, 0) is 92.5 Å². The van der Waals surface area contributed by atoms with E-state index in [0.29, 0.717) is 11.4 Å². The molecule has 0 aliphatic heterocycles. The van der Waals surface area contributed by atoms with Crippen LogP contribution in [0.3, 0.4) is 0 Å². The Bertz CT molecular complexity index is 980. The summed E-state index contributed by atoms with van der Waals surface area (Å²) < 4.78 is 16.2. The zero-order valence-electron chi connectivity index (χ0n) is 17.2. The molecule has 0 spiro atoms. The Labute approximate surface area is 170 Å². The number of hydrogen-bond donors (Lipinski definition) is 1. The highest BCUT2D eigenvalue weighted by molar-refractivity contribution is 5.96. The van der Waals surface area contributed by atoms with E-state index < -0.39 is 6.10 Å². The highest BCUT2D eigenvalue weighted by Crippen LogP contribution is 2.27. The fourth-order valence-electron chi connectivity index (χ4n) is 2.69. The number of ether oxygens (including phenoxy) is 2. The van der Waals surface area contributed by atoms with Crippen molar-refractivity contribution in [2.45, 2.75) is 46.8 Å². The van der Waals surface area contributed by atoms with Crippen LogP contribution in [0.25, 0.3) is 11.3 Å². The molecule has 152 valence electrons. The SMILES string of the molecule is Cc1ccc(O[C@H](C)C(=O)Nc2nonc2-c2ccc(OC(C)C)cc2)cc1C. The van der Waals surface area contributed by atoms with Gasteiger partial charge in [0.15, 0.2) is 11.8 Å². The minimum Gasteiger partial charge on any atom is -0.491 e. The van der Waals surface area contributed by atoms with Gasteiger partial charge in [-0.2, -0.15) is 0 Å². The van der Waals surface area contributed by atoms with Crippen LogP contribution in [-0.2, 0) is 4.79 Å². The van der Waals surface area contributed by atoms with Crippen molar-refractivity contribution in [1.29, 1.82) is 0 Å². The van der Waals surface area contributed by atoms with Crippen LogP contribution < -0.4 is 14.8 Å². The molecule has 0 bridgehead atoms. The molecule has 2 aromatic carbocycles. The molecule has 0 fully saturated rings. The number of benzene rings is 2. The van der Waals surface area contributed by atoms with Crippen molar-refractivity contribution in [2.75, 3.05) is 5.32 Å². The average Bonchev–Trinajstić information content (AvgIpc) is 3.13. The lowest BCUT2D eigenvalue weighted by Gasteiger charge is -2.15. The summed E-state index contributed by atoms with van der Waals surface area (Å²) in [6.45, 7) is 9.62. The predicted molar refractivity (Wildman–Crippen MR) is 110 cm³/mol. The largest absolute Gasteiger partial charge is 0.491 e. The molecule has 29 heavy (non-hydrogen) atoms. The third-order valence-electron chi connectivity index (χ3n) is 4.39. The van der Waals surface area contributed by atoms with Crippen LogP contribution >= 0.6 is 0 Å². The first kappa shape index (κ1) is 20.4. The van der Waals surface area contributed by atoms with E-state index in [0.717, 1.165) is 22.4 Å². The molecule has 3 aromatic rings. The Balaban J connectivity index is 1.68. The molecule has 0 radical (unpaired) electrons. The van der Waals surface area contributed by atoms with E-state index in [-0.39, 0.29) is 17.8 Å². The number of nitrogens with zero attached hydrogens (tertiary/aromatic N) is 2. The molecule has 0 unspecified atom stereocenters. The van der Waals surface area contributed by atoms with Gasteiger partial charge in [-0.1, -0.05) is 6.07 Å². The number of amides is 1. The number of carbonyl (C=O) groups excluding carboxylic acids is 1. The number of nitrogens with one attached hydrogen (secondary N) is 1.